The maximum absolute atomic E-state index is 11.7. The summed E-state index contributed by atoms with van der Waals surface area (Å²) in [4.78, 5) is 14.6. The maximum atomic E-state index is 11.7. The van der Waals surface area contributed by atoms with Crippen LogP contribution in [0.25, 0.3) is 0 Å². The van der Waals surface area contributed by atoms with Gasteiger partial charge in [-0.3, -0.25) is 0 Å². The Kier molecular flexibility index (Phi) is 5.84. The van der Waals surface area contributed by atoms with Gasteiger partial charge in [-0.1, -0.05) is 30.3 Å². The van der Waals surface area contributed by atoms with E-state index in [0.29, 0.717) is 32.1 Å². The van der Waals surface area contributed by atoms with E-state index in [1.807, 2.05) is 36.4 Å². The highest BCUT2D eigenvalue weighted by molar-refractivity contribution is 5.93. The average Bonchev–Trinajstić information content (AvgIpc) is 2.97. The van der Waals surface area contributed by atoms with Gasteiger partial charge in [0, 0.05) is 12.7 Å². The van der Waals surface area contributed by atoms with Crippen molar-refractivity contribution in [2.45, 2.75) is 13.5 Å². The van der Waals surface area contributed by atoms with Crippen LogP contribution in [0, 0.1) is 0 Å². The summed E-state index contributed by atoms with van der Waals surface area (Å²) in [5.74, 6) is -0.352. The summed E-state index contributed by atoms with van der Waals surface area (Å²) in [5, 5.41) is 3.16. The maximum Gasteiger partial charge on any atom is 0.356 e. The van der Waals surface area contributed by atoms with Crippen LogP contribution < -0.4 is 5.32 Å². The topological polar surface area (TPSA) is 63.4 Å². The van der Waals surface area contributed by atoms with E-state index >= 15 is 0 Å². The minimum Gasteiger partial charge on any atom is -0.461 e. The second-order valence-corrected chi connectivity index (χ2v) is 4.45. The molecular formula is C16H20N2O3. The highest BCUT2D eigenvalue weighted by atomic mass is 16.5. The van der Waals surface area contributed by atoms with Crippen molar-refractivity contribution in [1.29, 1.82) is 0 Å². The van der Waals surface area contributed by atoms with Crippen molar-refractivity contribution in [1.82, 2.24) is 4.98 Å². The molecule has 21 heavy (non-hydrogen) atoms. The van der Waals surface area contributed by atoms with Crippen LogP contribution in [-0.4, -0.2) is 30.7 Å². The number of aromatic amines is 1. The van der Waals surface area contributed by atoms with Crippen LogP contribution in [0.3, 0.4) is 0 Å². The summed E-state index contributed by atoms with van der Waals surface area (Å²) < 4.78 is 10.5. The molecule has 1 aromatic carbocycles. The normalized spacial score (nSPS) is 10.3. The van der Waals surface area contributed by atoms with Crippen molar-refractivity contribution in [2.75, 3.05) is 25.1 Å². The van der Waals surface area contributed by atoms with Gasteiger partial charge >= 0.3 is 5.97 Å². The smallest absolute Gasteiger partial charge is 0.356 e. The van der Waals surface area contributed by atoms with Crippen LogP contribution in [0.4, 0.5) is 5.69 Å². The number of carbonyl (C=O) groups is 1. The van der Waals surface area contributed by atoms with Gasteiger partial charge in [0.15, 0.2) is 0 Å². The number of carbonyl (C=O) groups excluding carboxylic acids is 1. The van der Waals surface area contributed by atoms with Gasteiger partial charge in [0.2, 0.25) is 0 Å². The molecule has 0 unspecified atom stereocenters. The molecule has 0 saturated carbocycles. The number of ether oxygens (including phenoxy) is 2. The van der Waals surface area contributed by atoms with Gasteiger partial charge in [0.1, 0.15) is 5.69 Å². The lowest BCUT2D eigenvalue weighted by Gasteiger charge is -2.08. The SMILES string of the molecule is CCOC(=O)c1[nH]ccc1NCCOCc1ccccc1. The summed E-state index contributed by atoms with van der Waals surface area (Å²) in [6.07, 6.45) is 1.71. The molecule has 2 rings (SSSR count). The number of H-pyrrole nitrogens is 1. The first-order valence-electron chi connectivity index (χ1n) is 7.01. The van der Waals surface area contributed by atoms with Crippen LogP contribution in [-0.2, 0) is 16.1 Å². The van der Waals surface area contributed by atoms with Gasteiger partial charge in [-0.2, -0.15) is 0 Å². The fourth-order valence-electron chi connectivity index (χ4n) is 1.91. The number of benzene rings is 1. The molecule has 0 aliphatic carbocycles. The predicted octanol–water partition coefficient (Wildman–Crippen LogP) is 2.82. The Labute approximate surface area is 124 Å². The fraction of sp³-hybridized carbons (Fsp3) is 0.312. The molecule has 0 spiro atoms. The number of aromatic nitrogens is 1. The molecule has 0 fully saturated rings. The molecule has 1 heterocycles. The van der Waals surface area contributed by atoms with Gasteiger partial charge in [-0.25, -0.2) is 4.79 Å². The summed E-state index contributed by atoms with van der Waals surface area (Å²) in [6, 6.07) is 11.8. The van der Waals surface area contributed by atoms with E-state index in [0.717, 1.165) is 11.3 Å². The van der Waals surface area contributed by atoms with Gasteiger partial charge < -0.3 is 19.8 Å². The third-order valence-corrected chi connectivity index (χ3v) is 2.90. The van der Waals surface area contributed by atoms with Gasteiger partial charge in [-0.05, 0) is 18.6 Å². The number of nitrogens with one attached hydrogen (secondary N) is 2. The van der Waals surface area contributed by atoms with Gasteiger partial charge in [-0.15, -0.1) is 0 Å². The standard InChI is InChI=1S/C16H20N2O3/c1-2-21-16(19)15-14(8-9-18-15)17-10-11-20-12-13-6-4-3-5-7-13/h3-9,17-18H,2,10-12H2,1H3. The van der Waals surface area contributed by atoms with E-state index in [9.17, 15) is 4.79 Å². The summed E-state index contributed by atoms with van der Waals surface area (Å²) >= 11 is 0. The first-order chi connectivity index (χ1) is 10.3. The van der Waals surface area contributed by atoms with Crippen LogP contribution >= 0.6 is 0 Å². The van der Waals surface area contributed by atoms with E-state index < -0.39 is 0 Å². The molecule has 0 aliphatic heterocycles. The minimum atomic E-state index is -0.352. The average molecular weight is 288 g/mol. The molecule has 0 aliphatic rings. The molecule has 112 valence electrons. The number of anilines is 1. The summed E-state index contributed by atoms with van der Waals surface area (Å²) in [6.45, 7) is 3.91. The van der Waals surface area contributed by atoms with Crippen molar-refractivity contribution in [3.05, 3.63) is 53.9 Å². The molecule has 0 atom stereocenters. The first kappa shape index (κ1) is 15.1. The third kappa shape index (κ3) is 4.65. The predicted molar refractivity (Wildman–Crippen MR) is 81.3 cm³/mol. The highest BCUT2D eigenvalue weighted by Gasteiger charge is 2.12. The van der Waals surface area contributed by atoms with Crippen molar-refractivity contribution >= 4 is 11.7 Å². The van der Waals surface area contributed by atoms with Crippen LogP contribution in [0.5, 0.6) is 0 Å². The van der Waals surface area contributed by atoms with E-state index in [4.69, 9.17) is 9.47 Å². The zero-order valence-electron chi connectivity index (χ0n) is 12.1. The Hall–Kier alpha value is -2.27. The molecule has 5 heteroatoms. The number of hydrogen-bond acceptors (Lipinski definition) is 4. The summed E-state index contributed by atoms with van der Waals surface area (Å²) in [5.41, 5.74) is 2.32. The Morgan fingerprint density at radius 1 is 1.24 bits per heavy atom. The lowest BCUT2D eigenvalue weighted by atomic mass is 10.2. The van der Waals surface area contributed by atoms with Crippen LogP contribution in [0.15, 0.2) is 42.6 Å². The molecule has 0 radical (unpaired) electrons. The van der Waals surface area contributed by atoms with Crippen LogP contribution in [0.1, 0.15) is 23.0 Å². The van der Waals surface area contributed by atoms with E-state index in [1.165, 1.54) is 0 Å². The van der Waals surface area contributed by atoms with Crippen molar-refractivity contribution < 1.29 is 14.3 Å². The highest BCUT2D eigenvalue weighted by Crippen LogP contribution is 2.14. The molecule has 0 bridgehead atoms. The lowest BCUT2D eigenvalue weighted by molar-refractivity contribution is 0.0521. The van der Waals surface area contributed by atoms with Crippen molar-refractivity contribution in [2.24, 2.45) is 0 Å². The van der Waals surface area contributed by atoms with Crippen LogP contribution in [0.2, 0.25) is 0 Å². The van der Waals surface area contributed by atoms with E-state index in [2.05, 4.69) is 10.3 Å². The Bertz CT molecular complexity index is 552. The fourth-order valence-corrected chi connectivity index (χ4v) is 1.91. The Balaban J connectivity index is 1.72. The van der Waals surface area contributed by atoms with Gasteiger partial charge in [0.25, 0.3) is 0 Å². The minimum absolute atomic E-state index is 0.352. The van der Waals surface area contributed by atoms with E-state index in [-0.39, 0.29) is 5.97 Å². The first-order valence-corrected chi connectivity index (χ1v) is 7.01. The number of esters is 1. The zero-order chi connectivity index (χ0) is 14.9. The van der Waals surface area contributed by atoms with E-state index in [1.54, 1.807) is 13.1 Å². The molecule has 5 nitrogen and oxygen atoms in total. The second-order valence-electron chi connectivity index (χ2n) is 4.45. The Morgan fingerprint density at radius 2 is 2.05 bits per heavy atom. The quantitative estimate of drug-likeness (QED) is 0.579. The molecular weight excluding hydrogens is 268 g/mol. The molecule has 0 amide bonds. The molecule has 2 aromatic rings. The summed E-state index contributed by atoms with van der Waals surface area (Å²) in [7, 11) is 0. The number of hydrogen-bond donors (Lipinski definition) is 2. The molecule has 0 saturated heterocycles. The van der Waals surface area contributed by atoms with Crippen molar-refractivity contribution in [3.63, 3.8) is 0 Å². The monoisotopic (exact) mass is 288 g/mol. The van der Waals surface area contributed by atoms with Crippen molar-refractivity contribution in [3.8, 4) is 0 Å². The van der Waals surface area contributed by atoms with Gasteiger partial charge in [0.05, 0.1) is 25.5 Å². The second kappa shape index (κ2) is 8.11. The number of rotatable bonds is 8. The third-order valence-electron chi connectivity index (χ3n) is 2.90. The molecule has 1 aromatic heterocycles. The lowest BCUT2D eigenvalue weighted by Crippen LogP contribution is -2.13. The molecule has 2 N–H and O–H groups in total. The zero-order valence-corrected chi connectivity index (χ0v) is 12.1. The largest absolute Gasteiger partial charge is 0.461 e. The Morgan fingerprint density at radius 3 is 2.81 bits per heavy atom.